The van der Waals surface area contributed by atoms with Gasteiger partial charge in [-0.25, -0.2) is 0 Å². The van der Waals surface area contributed by atoms with Gasteiger partial charge in [0, 0.05) is 25.2 Å². The van der Waals surface area contributed by atoms with Gasteiger partial charge in [0.1, 0.15) is 0 Å². The maximum atomic E-state index is 11.1. The Bertz CT molecular complexity index is 291. The van der Waals surface area contributed by atoms with Crippen LogP contribution in [0.5, 0.6) is 0 Å². The van der Waals surface area contributed by atoms with E-state index in [1.165, 1.54) is 38.8 Å². The molecular formula is C13H24N2O2. The van der Waals surface area contributed by atoms with E-state index in [2.05, 4.69) is 10.2 Å². The molecule has 2 N–H and O–H groups in total. The lowest BCUT2D eigenvalue weighted by Crippen LogP contribution is -2.48. The molecule has 4 heteroatoms. The summed E-state index contributed by atoms with van der Waals surface area (Å²) in [6.45, 7) is 6.55. The molecule has 2 heterocycles. The van der Waals surface area contributed by atoms with Crippen LogP contribution >= 0.6 is 0 Å². The van der Waals surface area contributed by atoms with Crippen molar-refractivity contribution in [3.05, 3.63) is 0 Å². The van der Waals surface area contributed by atoms with Crippen LogP contribution in [0, 0.1) is 5.41 Å². The molecule has 0 aromatic carbocycles. The van der Waals surface area contributed by atoms with Crippen LogP contribution in [0.2, 0.25) is 0 Å². The van der Waals surface area contributed by atoms with Crippen molar-refractivity contribution in [3.8, 4) is 0 Å². The van der Waals surface area contributed by atoms with Crippen molar-refractivity contribution < 1.29 is 9.90 Å². The van der Waals surface area contributed by atoms with E-state index in [1.54, 1.807) is 13.8 Å². The highest BCUT2D eigenvalue weighted by atomic mass is 16.4. The van der Waals surface area contributed by atoms with Crippen LogP contribution in [0.15, 0.2) is 0 Å². The molecule has 0 aliphatic carbocycles. The number of carboxylic acid groups (broad SMARTS) is 1. The fraction of sp³-hybridized carbons (Fsp3) is 0.923. The lowest BCUT2D eigenvalue weighted by atomic mass is 9.92. The highest BCUT2D eigenvalue weighted by molar-refractivity contribution is 5.73. The zero-order valence-electron chi connectivity index (χ0n) is 10.9. The van der Waals surface area contributed by atoms with Gasteiger partial charge in [-0.3, -0.25) is 9.69 Å². The molecule has 0 amide bonds. The van der Waals surface area contributed by atoms with Gasteiger partial charge in [0.05, 0.1) is 5.41 Å². The summed E-state index contributed by atoms with van der Waals surface area (Å²) in [5, 5.41) is 12.6. The van der Waals surface area contributed by atoms with E-state index >= 15 is 0 Å². The van der Waals surface area contributed by atoms with Gasteiger partial charge in [0.15, 0.2) is 0 Å². The van der Waals surface area contributed by atoms with Gasteiger partial charge in [0.25, 0.3) is 0 Å². The Morgan fingerprint density at radius 3 is 2.82 bits per heavy atom. The number of nitrogens with zero attached hydrogens (tertiary/aromatic N) is 1. The second-order valence-corrected chi connectivity index (χ2v) is 6.06. The zero-order chi connectivity index (χ0) is 12.5. The minimum atomic E-state index is -0.719. The van der Waals surface area contributed by atoms with Crippen LogP contribution in [-0.4, -0.2) is 47.7 Å². The first-order valence-electron chi connectivity index (χ1n) is 6.71. The fourth-order valence-corrected chi connectivity index (χ4v) is 2.95. The number of hydrogen-bond donors (Lipinski definition) is 2. The molecule has 4 nitrogen and oxygen atoms in total. The molecule has 2 saturated heterocycles. The Kier molecular flexibility index (Phi) is 3.73. The first-order chi connectivity index (χ1) is 8.00. The Labute approximate surface area is 103 Å². The predicted molar refractivity (Wildman–Crippen MR) is 67.0 cm³/mol. The lowest BCUT2D eigenvalue weighted by molar-refractivity contribution is -0.146. The molecule has 98 valence electrons. The van der Waals surface area contributed by atoms with Gasteiger partial charge in [-0.2, -0.15) is 0 Å². The van der Waals surface area contributed by atoms with Crippen molar-refractivity contribution in [2.24, 2.45) is 5.41 Å². The summed E-state index contributed by atoms with van der Waals surface area (Å²) in [6, 6.07) is 1.14. The van der Waals surface area contributed by atoms with E-state index in [0.717, 1.165) is 0 Å². The van der Waals surface area contributed by atoms with E-state index in [0.29, 0.717) is 18.6 Å². The molecular weight excluding hydrogens is 216 g/mol. The standard InChI is InChI=1S/C13H24N2O2/c1-13(2,12(16)17)9-14-10-6-8-15-7-4-3-5-11(10)15/h10-11,14H,3-9H2,1-2H3,(H,16,17). The van der Waals surface area contributed by atoms with Gasteiger partial charge in [0.2, 0.25) is 0 Å². The summed E-state index contributed by atoms with van der Waals surface area (Å²) in [4.78, 5) is 13.6. The molecule has 0 saturated carbocycles. The lowest BCUT2D eigenvalue weighted by Gasteiger charge is -2.33. The Hall–Kier alpha value is -0.610. The average molecular weight is 240 g/mol. The van der Waals surface area contributed by atoms with Crippen LogP contribution in [0.25, 0.3) is 0 Å². The number of rotatable bonds is 4. The third-order valence-corrected chi connectivity index (χ3v) is 4.24. The fourth-order valence-electron chi connectivity index (χ4n) is 2.95. The van der Waals surface area contributed by atoms with Crippen molar-refractivity contribution in [3.63, 3.8) is 0 Å². The van der Waals surface area contributed by atoms with Crippen LogP contribution < -0.4 is 5.32 Å². The topological polar surface area (TPSA) is 52.6 Å². The summed E-state index contributed by atoms with van der Waals surface area (Å²) < 4.78 is 0. The van der Waals surface area contributed by atoms with E-state index < -0.39 is 11.4 Å². The molecule has 17 heavy (non-hydrogen) atoms. The van der Waals surface area contributed by atoms with Crippen molar-refractivity contribution in [2.75, 3.05) is 19.6 Å². The van der Waals surface area contributed by atoms with Crippen molar-refractivity contribution >= 4 is 5.97 Å². The highest BCUT2D eigenvalue weighted by Crippen LogP contribution is 2.27. The molecule has 0 spiro atoms. The minimum Gasteiger partial charge on any atom is -0.481 e. The van der Waals surface area contributed by atoms with Crippen molar-refractivity contribution in [1.82, 2.24) is 10.2 Å². The van der Waals surface area contributed by atoms with E-state index in [1.807, 2.05) is 0 Å². The molecule has 2 fully saturated rings. The number of carbonyl (C=O) groups is 1. The van der Waals surface area contributed by atoms with Crippen LogP contribution in [0.1, 0.15) is 39.5 Å². The summed E-state index contributed by atoms with van der Waals surface area (Å²) in [6.07, 6.45) is 5.08. The molecule has 2 aliphatic heterocycles. The number of piperidine rings is 1. The van der Waals surface area contributed by atoms with E-state index in [-0.39, 0.29) is 0 Å². The molecule has 2 unspecified atom stereocenters. The highest BCUT2D eigenvalue weighted by Gasteiger charge is 2.37. The van der Waals surface area contributed by atoms with Gasteiger partial charge in [-0.05, 0) is 39.7 Å². The SMILES string of the molecule is CC(C)(CNC1CCN2CCCCC12)C(=O)O. The van der Waals surface area contributed by atoms with Gasteiger partial charge >= 0.3 is 5.97 Å². The average Bonchev–Trinajstić information content (AvgIpc) is 2.69. The molecule has 0 bridgehead atoms. The number of aliphatic carboxylic acids is 1. The maximum absolute atomic E-state index is 11.1. The van der Waals surface area contributed by atoms with Gasteiger partial charge in [-0.15, -0.1) is 0 Å². The summed E-state index contributed by atoms with van der Waals surface area (Å²) >= 11 is 0. The summed E-state index contributed by atoms with van der Waals surface area (Å²) in [5.74, 6) is -0.719. The van der Waals surface area contributed by atoms with E-state index in [4.69, 9.17) is 5.11 Å². The van der Waals surface area contributed by atoms with Crippen LogP contribution in [0.4, 0.5) is 0 Å². The normalized spacial score (nSPS) is 30.2. The van der Waals surface area contributed by atoms with Crippen LogP contribution in [-0.2, 0) is 4.79 Å². The quantitative estimate of drug-likeness (QED) is 0.778. The third kappa shape index (κ3) is 2.80. The molecule has 2 aliphatic rings. The Balaban J connectivity index is 1.86. The molecule has 2 rings (SSSR count). The zero-order valence-corrected chi connectivity index (χ0v) is 10.9. The molecule has 0 aromatic heterocycles. The first kappa shape index (κ1) is 12.8. The van der Waals surface area contributed by atoms with Gasteiger partial charge < -0.3 is 10.4 Å². The van der Waals surface area contributed by atoms with Gasteiger partial charge in [-0.1, -0.05) is 6.42 Å². The Morgan fingerprint density at radius 1 is 1.35 bits per heavy atom. The number of carboxylic acids is 1. The second kappa shape index (κ2) is 4.94. The predicted octanol–water partition coefficient (Wildman–Crippen LogP) is 1.31. The molecule has 0 radical (unpaired) electrons. The largest absolute Gasteiger partial charge is 0.481 e. The number of fused-ring (bicyclic) bond motifs is 1. The monoisotopic (exact) mass is 240 g/mol. The van der Waals surface area contributed by atoms with Crippen molar-refractivity contribution in [2.45, 2.75) is 51.6 Å². The van der Waals surface area contributed by atoms with Crippen LogP contribution in [0.3, 0.4) is 0 Å². The number of nitrogens with one attached hydrogen (secondary N) is 1. The summed E-state index contributed by atoms with van der Waals surface area (Å²) in [7, 11) is 0. The minimum absolute atomic E-state index is 0.494. The maximum Gasteiger partial charge on any atom is 0.310 e. The second-order valence-electron chi connectivity index (χ2n) is 6.06. The third-order valence-electron chi connectivity index (χ3n) is 4.24. The first-order valence-corrected chi connectivity index (χ1v) is 6.71. The molecule has 2 atom stereocenters. The summed E-state index contributed by atoms with van der Waals surface area (Å²) in [5.41, 5.74) is -0.665. The Morgan fingerprint density at radius 2 is 2.12 bits per heavy atom. The number of hydrogen-bond acceptors (Lipinski definition) is 3. The van der Waals surface area contributed by atoms with E-state index in [9.17, 15) is 4.79 Å². The van der Waals surface area contributed by atoms with Crippen molar-refractivity contribution in [1.29, 1.82) is 0 Å². The molecule has 0 aromatic rings. The smallest absolute Gasteiger partial charge is 0.310 e.